The number of nitrogens with one attached hydrogen (secondary N) is 1. The molecule has 4 heteroatoms. The molecule has 1 amide bonds. The summed E-state index contributed by atoms with van der Waals surface area (Å²) in [5.74, 6) is -1.53. The fraction of sp³-hybridized carbons (Fsp3) is 0.176. The third-order valence-corrected chi connectivity index (χ3v) is 3.84. The number of amides is 1. The van der Waals surface area contributed by atoms with E-state index in [4.69, 9.17) is 0 Å². The van der Waals surface area contributed by atoms with Crippen LogP contribution in [0.1, 0.15) is 28.7 Å². The first-order valence-corrected chi connectivity index (χ1v) is 6.83. The first kappa shape index (κ1) is 13.4. The maximum absolute atomic E-state index is 12.3. The van der Waals surface area contributed by atoms with E-state index in [9.17, 15) is 14.7 Å². The van der Waals surface area contributed by atoms with Crippen LogP contribution < -0.4 is 5.32 Å². The number of hydrogen-bond donors (Lipinski definition) is 2. The molecular formula is C17H15NO3. The van der Waals surface area contributed by atoms with Gasteiger partial charge < -0.3 is 10.4 Å². The molecule has 2 aromatic carbocycles. The number of hydrogen-bond acceptors (Lipinski definition) is 2. The van der Waals surface area contributed by atoms with Gasteiger partial charge in [-0.15, -0.1) is 0 Å². The average molecular weight is 281 g/mol. The molecule has 0 saturated heterocycles. The van der Waals surface area contributed by atoms with Crippen molar-refractivity contribution in [2.24, 2.45) is 0 Å². The lowest BCUT2D eigenvalue weighted by atomic mass is 9.77. The number of benzene rings is 2. The Bertz CT molecular complexity index is 681. The Morgan fingerprint density at radius 1 is 1.05 bits per heavy atom. The van der Waals surface area contributed by atoms with E-state index in [1.54, 1.807) is 24.3 Å². The van der Waals surface area contributed by atoms with Gasteiger partial charge >= 0.3 is 5.97 Å². The molecular weight excluding hydrogens is 266 g/mol. The molecule has 0 aromatic heterocycles. The monoisotopic (exact) mass is 281 g/mol. The van der Waals surface area contributed by atoms with Crippen molar-refractivity contribution < 1.29 is 14.7 Å². The zero-order chi connectivity index (χ0) is 14.8. The maximum atomic E-state index is 12.3. The molecule has 3 rings (SSSR count). The van der Waals surface area contributed by atoms with Gasteiger partial charge in [-0.2, -0.15) is 0 Å². The molecule has 1 unspecified atom stereocenters. The predicted octanol–water partition coefficient (Wildman–Crippen LogP) is 2.27. The molecule has 0 saturated carbocycles. The molecule has 1 aliphatic carbocycles. The standard InChI is InChI=1S/C17H15NO3/c19-16(14-10-12-8-4-5-9-13(12)14)18-15(17(20)21)11-6-2-1-3-7-11/h1-9,14-15H,10H2,(H,18,19)(H,20,21)/t14?,15-/m1/s1. The van der Waals surface area contributed by atoms with Gasteiger partial charge in [0.15, 0.2) is 6.04 Å². The van der Waals surface area contributed by atoms with Crippen LogP contribution >= 0.6 is 0 Å². The van der Waals surface area contributed by atoms with Crippen molar-refractivity contribution in [2.45, 2.75) is 18.4 Å². The molecule has 0 heterocycles. The summed E-state index contributed by atoms with van der Waals surface area (Å²) >= 11 is 0. The Balaban J connectivity index is 1.76. The summed E-state index contributed by atoms with van der Waals surface area (Å²) in [6, 6.07) is 15.5. The molecule has 1 aliphatic rings. The van der Waals surface area contributed by atoms with Crippen LogP contribution in [0.15, 0.2) is 54.6 Å². The van der Waals surface area contributed by atoms with Gasteiger partial charge in [0.25, 0.3) is 0 Å². The minimum absolute atomic E-state index is 0.232. The van der Waals surface area contributed by atoms with Crippen LogP contribution in [0, 0.1) is 0 Å². The zero-order valence-corrected chi connectivity index (χ0v) is 11.3. The summed E-state index contributed by atoms with van der Waals surface area (Å²) in [6.45, 7) is 0. The third-order valence-electron chi connectivity index (χ3n) is 3.84. The lowest BCUT2D eigenvalue weighted by molar-refractivity contribution is -0.142. The molecule has 0 spiro atoms. The largest absolute Gasteiger partial charge is 0.479 e. The van der Waals surface area contributed by atoms with Gasteiger partial charge in [-0.05, 0) is 23.1 Å². The number of aliphatic carboxylic acids is 1. The number of carboxylic acid groups (broad SMARTS) is 1. The van der Waals surface area contributed by atoms with Crippen LogP contribution in [0.5, 0.6) is 0 Å². The number of carbonyl (C=O) groups excluding carboxylic acids is 1. The Hall–Kier alpha value is -2.62. The highest BCUT2D eigenvalue weighted by atomic mass is 16.4. The Labute approximate surface area is 122 Å². The molecule has 4 nitrogen and oxygen atoms in total. The molecule has 0 fully saturated rings. The molecule has 2 atom stereocenters. The average Bonchev–Trinajstić information content (AvgIpc) is 2.46. The smallest absolute Gasteiger partial charge is 0.330 e. The lowest BCUT2D eigenvalue weighted by Crippen LogP contribution is -2.40. The Morgan fingerprint density at radius 2 is 1.71 bits per heavy atom. The van der Waals surface area contributed by atoms with Gasteiger partial charge in [0.1, 0.15) is 0 Å². The van der Waals surface area contributed by atoms with E-state index in [-0.39, 0.29) is 11.8 Å². The normalized spacial score (nSPS) is 17.2. The van der Waals surface area contributed by atoms with E-state index < -0.39 is 12.0 Å². The fourth-order valence-electron chi connectivity index (χ4n) is 2.67. The highest BCUT2D eigenvalue weighted by Gasteiger charge is 2.34. The topological polar surface area (TPSA) is 66.4 Å². The van der Waals surface area contributed by atoms with Gasteiger partial charge in [-0.3, -0.25) is 4.79 Å². The van der Waals surface area contributed by atoms with E-state index >= 15 is 0 Å². The molecule has 0 aliphatic heterocycles. The summed E-state index contributed by atoms with van der Waals surface area (Å²) in [5.41, 5.74) is 2.72. The molecule has 21 heavy (non-hydrogen) atoms. The Morgan fingerprint density at radius 3 is 2.38 bits per heavy atom. The zero-order valence-electron chi connectivity index (χ0n) is 11.3. The van der Waals surface area contributed by atoms with E-state index in [1.807, 2.05) is 30.3 Å². The van der Waals surface area contributed by atoms with Crippen molar-refractivity contribution >= 4 is 11.9 Å². The van der Waals surface area contributed by atoms with Crippen molar-refractivity contribution in [1.82, 2.24) is 5.32 Å². The molecule has 0 bridgehead atoms. The summed E-state index contributed by atoms with van der Waals surface area (Å²) in [7, 11) is 0. The van der Waals surface area contributed by atoms with Crippen LogP contribution in [-0.2, 0) is 16.0 Å². The predicted molar refractivity (Wildman–Crippen MR) is 77.8 cm³/mol. The van der Waals surface area contributed by atoms with Gasteiger partial charge in [0.05, 0.1) is 5.92 Å². The first-order valence-electron chi connectivity index (χ1n) is 6.83. The summed E-state index contributed by atoms with van der Waals surface area (Å²) in [4.78, 5) is 23.7. The van der Waals surface area contributed by atoms with E-state index in [0.717, 1.165) is 11.1 Å². The maximum Gasteiger partial charge on any atom is 0.330 e. The van der Waals surface area contributed by atoms with Crippen molar-refractivity contribution in [2.75, 3.05) is 0 Å². The first-order chi connectivity index (χ1) is 10.2. The fourth-order valence-corrected chi connectivity index (χ4v) is 2.67. The van der Waals surface area contributed by atoms with E-state index in [0.29, 0.717) is 12.0 Å². The number of rotatable bonds is 4. The minimum atomic E-state index is -1.05. The second-order valence-corrected chi connectivity index (χ2v) is 5.15. The van der Waals surface area contributed by atoms with Crippen LogP contribution in [0.3, 0.4) is 0 Å². The number of carboxylic acids is 1. The van der Waals surface area contributed by atoms with Crippen LogP contribution in [0.25, 0.3) is 0 Å². The van der Waals surface area contributed by atoms with Crippen molar-refractivity contribution in [3.63, 3.8) is 0 Å². The van der Waals surface area contributed by atoms with E-state index in [2.05, 4.69) is 5.32 Å². The summed E-state index contributed by atoms with van der Waals surface area (Å²) < 4.78 is 0. The van der Waals surface area contributed by atoms with E-state index in [1.165, 1.54) is 0 Å². The highest BCUT2D eigenvalue weighted by molar-refractivity contribution is 5.90. The van der Waals surface area contributed by atoms with Crippen LogP contribution in [0.2, 0.25) is 0 Å². The summed E-state index contributed by atoms with van der Waals surface area (Å²) in [6.07, 6.45) is 0.670. The third kappa shape index (κ3) is 2.52. The van der Waals surface area contributed by atoms with Gasteiger partial charge in [0.2, 0.25) is 5.91 Å². The quantitative estimate of drug-likeness (QED) is 0.903. The van der Waals surface area contributed by atoms with Crippen molar-refractivity contribution in [3.05, 3.63) is 71.3 Å². The van der Waals surface area contributed by atoms with Crippen LogP contribution in [-0.4, -0.2) is 17.0 Å². The van der Waals surface area contributed by atoms with Gasteiger partial charge in [0, 0.05) is 0 Å². The molecule has 0 radical (unpaired) electrons. The van der Waals surface area contributed by atoms with Crippen molar-refractivity contribution in [3.8, 4) is 0 Å². The number of fused-ring (bicyclic) bond motifs is 1. The highest BCUT2D eigenvalue weighted by Crippen LogP contribution is 2.35. The SMILES string of the molecule is O=C(N[C@@H](C(=O)O)c1ccccc1)C1Cc2ccccc21. The second kappa shape index (κ2) is 5.40. The lowest BCUT2D eigenvalue weighted by Gasteiger charge is -2.30. The minimum Gasteiger partial charge on any atom is -0.479 e. The Kier molecular flexibility index (Phi) is 3.44. The molecule has 106 valence electrons. The van der Waals surface area contributed by atoms with Crippen LogP contribution in [0.4, 0.5) is 0 Å². The van der Waals surface area contributed by atoms with Gasteiger partial charge in [-0.25, -0.2) is 4.79 Å². The molecule has 2 N–H and O–H groups in total. The summed E-state index contributed by atoms with van der Waals surface area (Å²) in [5, 5.41) is 12.0. The van der Waals surface area contributed by atoms with Gasteiger partial charge in [-0.1, -0.05) is 54.6 Å². The molecule has 2 aromatic rings. The number of carbonyl (C=O) groups is 2. The van der Waals surface area contributed by atoms with Crippen molar-refractivity contribution in [1.29, 1.82) is 0 Å². The second-order valence-electron chi connectivity index (χ2n) is 5.15.